The zero-order valence-electron chi connectivity index (χ0n) is 10.1. The minimum atomic E-state index is 0.871. The summed E-state index contributed by atoms with van der Waals surface area (Å²) in [4.78, 5) is 2.08. The van der Waals surface area contributed by atoms with E-state index in [1.165, 1.54) is 22.7 Å². The van der Waals surface area contributed by atoms with Gasteiger partial charge in [0.05, 0.1) is 0 Å². The van der Waals surface area contributed by atoms with Crippen LogP contribution in [0.3, 0.4) is 0 Å². The molecule has 0 aliphatic rings. The van der Waals surface area contributed by atoms with Crippen LogP contribution in [0.1, 0.15) is 18.1 Å². The van der Waals surface area contributed by atoms with Crippen molar-refractivity contribution in [2.24, 2.45) is 0 Å². The van der Waals surface area contributed by atoms with Crippen LogP contribution in [-0.2, 0) is 12.8 Å². The fourth-order valence-corrected chi connectivity index (χ4v) is 2.06. The molecule has 1 aromatic carbocycles. The van der Waals surface area contributed by atoms with E-state index in [0.717, 1.165) is 24.5 Å². The molecule has 2 rings (SSSR count). The Morgan fingerprint density at radius 3 is 2.47 bits per heavy atom. The molecule has 0 unspecified atom stereocenters. The number of likely N-dealkylation sites (N-methyl/N-ethyl adjacent to an activating group) is 1. The third-order valence-electron chi connectivity index (χ3n) is 2.78. The topological polar surface area (TPSA) is 41.9 Å². The molecule has 0 aliphatic heterocycles. The minimum absolute atomic E-state index is 0.871. The third-order valence-corrected chi connectivity index (χ3v) is 3.49. The second kappa shape index (κ2) is 5.72. The zero-order chi connectivity index (χ0) is 12.1. The van der Waals surface area contributed by atoms with Gasteiger partial charge in [-0.05, 0) is 29.2 Å². The van der Waals surface area contributed by atoms with Crippen LogP contribution in [0.5, 0.6) is 0 Å². The molecule has 0 spiro atoms. The summed E-state index contributed by atoms with van der Waals surface area (Å²) in [6.07, 6.45) is 2.11. The van der Waals surface area contributed by atoms with Gasteiger partial charge in [-0.2, -0.15) is 0 Å². The van der Waals surface area contributed by atoms with E-state index >= 15 is 0 Å². The van der Waals surface area contributed by atoms with Crippen molar-refractivity contribution in [3.05, 3.63) is 35.4 Å². The number of aryl methyl sites for hydroxylation is 1. The number of benzene rings is 1. The van der Waals surface area contributed by atoms with Crippen LogP contribution in [0.15, 0.2) is 24.3 Å². The maximum Gasteiger partial charge on any atom is 0.227 e. The molecule has 0 radical (unpaired) electrons. The van der Waals surface area contributed by atoms with Crippen LogP contribution in [0.4, 0.5) is 5.13 Å². The van der Waals surface area contributed by atoms with Crippen LogP contribution in [0, 0.1) is 0 Å². The maximum atomic E-state index is 3.94. The van der Waals surface area contributed by atoms with Crippen molar-refractivity contribution in [2.45, 2.75) is 19.8 Å². The van der Waals surface area contributed by atoms with Gasteiger partial charge in [-0.3, -0.25) is 0 Å². The molecule has 1 heterocycles. The number of hydrogen-bond acceptors (Lipinski definition) is 5. The average molecular weight is 248 g/mol. The predicted molar refractivity (Wildman–Crippen MR) is 70.5 cm³/mol. The number of anilines is 1. The van der Waals surface area contributed by atoms with Gasteiger partial charge in [0.15, 0.2) is 0 Å². The largest absolute Gasteiger partial charge is 0.348 e. The third kappa shape index (κ3) is 3.23. The molecular formula is C12H16N4S. The molecule has 0 N–H and O–H groups in total. The molecule has 0 fully saturated rings. The molecule has 0 amide bonds. The summed E-state index contributed by atoms with van der Waals surface area (Å²) in [5.74, 6) is 0. The SMILES string of the molecule is CCc1ccc(CCN(C)c2nnns2)cc1. The average Bonchev–Trinajstić information content (AvgIpc) is 2.90. The second-order valence-electron chi connectivity index (χ2n) is 3.99. The Kier molecular flexibility index (Phi) is 4.03. The van der Waals surface area contributed by atoms with E-state index in [1.54, 1.807) is 0 Å². The number of aromatic nitrogens is 3. The smallest absolute Gasteiger partial charge is 0.227 e. The first-order chi connectivity index (χ1) is 8.29. The first-order valence-electron chi connectivity index (χ1n) is 5.73. The van der Waals surface area contributed by atoms with Gasteiger partial charge in [0.1, 0.15) is 0 Å². The van der Waals surface area contributed by atoms with Crippen LogP contribution < -0.4 is 4.90 Å². The minimum Gasteiger partial charge on any atom is -0.348 e. The van der Waals surface area contributed by atoms with E-state index < -0.39 is 0 Å². The molecule has 0 atom stereocenters. The second-order valence-corrected chi connectivity index (χ2v) is 4.70. The molecule has 0 bridgehead atoms. The fourth-order valence-electron chi connectivity index (χ4n) is 1.61. The van der Waals surface area contributed by atoms with E-state index in [2.05, 4.69) is 50.9 Å². The number of hydrogen-bond donors (Lipinski definition) is 0. The first-order valence-corrected chi connectivity index (χ1v) is 6.51. The molecule has 0 saturated carbocycles. The molecule has 90 valence electrons. The van der Waals surface area contributed by atoms with Crippen molar-refractivity contribution < 1.29 is 0 Å². The molecule has 17 heavy (non-hydrogen) atoms. The Morgan fingerprint density at radius 2 is 1.88 bits per heavy atom. The van der Waals surface area contributed by atoms with Crippen molar-refractivity contribution in [2.75, 3.05) is 18.5 Å². The number of rotatable bonds is 5. The van der Waals surface area contributed by atoms with Crippen molar-refractivity contribution in [3.63, 3.8) is 0 Å². The van der Waals surface area contributed by atoms with Gasteiger partial charge in [0, 0.05) is 25.1 Å². The van der Waals surface area contributed by atoms with Crippen LogP contribution in [0.25, 0.3) is 0 Å². The quantitative estimate of drug-likeness (QED) is 0.813. The molecule has 5 heteroatoms. The Bertz CT molecular complexity index is 438. The Labute approximate surface area is 105 Å². The van der Waals surface area contributed by atoms with Gasteiger partial charge in [-0.15, -0.1) is 0 Å². The first kappa shape index (κ1) is 12.0. The number of nitrogens with zero attached hydrogens (tertiary/aromatic N) is 4. The lowest BCUT2D eigenvalue weighted by atomic mass is 10.1. The van der Waals surface area contributed by atoms with Gasteiger partial charge in [-0.25, -0.2) is 0 Å². The summed E-state index contributed by atoms with van der Waals surface area (Å²) in [5.41, 5.74) is 2.74. The fraction of sp³-hybridized carbons (Fsp3) is 0.417. The summed E-state index contributed by atoms with van der Waals surface area (Å²) in [5, 5.41) is 8.41. The van der Waals surface area contributed by atoms with E-state index in [1.807, 2.05) is 7.05 Å². The summed E-state index contributed by atoms with van der Waals surface area (Å²) in [7, 11) is 2.02. The summed E-state index contributed by atoms with van der Waals surface area (Å²) < 4.78 is 3.76. The van der Waals surface area contributed by atoms with E-state index in [-0.39, 0.29) is 0 Å². The van der Waals surface area contributed by atoms with Crippen LogP contribution in [0.2, 0.25) is 0 Å². The van der Waals surface area contributed by atoms with Gasteiger partial charge >= 0.3 is 0 Å². The summed E-state index contributed by atoms with van der Waals surface area (Å²) in [6, 6.07) is 8.79. The summed E-state index contributed by atoms with van der Waals surface area (Å²) in [6.45, 7) is 3.10. The Morgan fingerprint density at radius 1 is 1.18 bits per heavy atom. The Hall–Kier alpha value is -1.49. The standard InChI is InChI=1S/C12H16N4S/c1-3-10-4-6-11(7-5-10)8-9-16(2)12-13-14-15-17-12/h4-7H,3,8-9H2,1-2H3. The van der Waals surface area contributed by atoms with Crippen molar-refractivity contribution in [1.29, 1.82) is 0 Å². The highest BCUT2D eigenvalue weighted by Crippen LogP contribution is 2.12. The molecule has 4 nitrogen and oxygen atoms in total. The lowest BCUT2D eigenvalue weighted by Gasteiger charge is -2.14. The lowest BCUT2D eigenvalue weighted by molar-refractivity contribution is 0.848. The molecular weight excluding hydrogens is 232 g/mol. The van der Waals surface area contributed by atoms with Gasteiger partial charge < -0.3 is 4.90 Å². The highest BCUT2D eigenvalue weighted by Gasteiger charge is 2.05. The van der Waals surface area contributed by atoms with Gasteiger partial charge in [0.2, 0.25) is 5.13 Å². The Balaban J connectivity index is 1.89. The molecule has 1 aromatic heterocycles. The maximum absolute atomic E-state index is 3.94. The van der Waals surface area contributed by atoms with Gasteiger partial charge in [0.25, 0.3) is 0 Å². The molecule has 0 saturated heterocycles. The van der Waals surface area contributed by atoms with E-state index in [4.69, 9.17) is 0 Å². The molecule has 0 aliphatic carbocycles. The zero-order valence-corrected chi connectivity index (χ0v) is 10.9. The predicted octanol–water partition coefficient (Wildman–Crippen LogP) is 2.17. The normalized spacial score (nSPS) is 10.5. The van der Waals surface area contributed by atoms with Crippen molar-refractivity contribution in [1.82, 2.24) is 14.8 Å². The van der Waals surface area contributed by atoms with Crippen LogP contribution >= 0.6 is 11.5 Å². The molecule has 2 aromatic rings. The highest BCUT2D eigenvalue weighted by molar-refractivity contribution is 7.09. The van der Waals surface area contributed by atoms with Crippen LogP contribution in [-0.4, -0.2) is 28.4 Å². The highest BCUT2D eigenvalue weighted by atomic mass is 32.1. The van der Waals surface area contributed by atoms with Crippen molar-refractivity contribution in [3.8, 4) is 0 Å². The van der Waals surface area contributed by atoms with Gasteiger partial charge in [-0.1, -0.05) is 40.8 Å². The lowest BCUT2D eigenvalue weighted by Crippen LogP contribution is -2.20. The monoisotopic (exact) mass is 248 g/mol. The van der Waals surface area contributed by atoms with E-state index in [0.29, 0.717) is 0 Å². The van der Waals surface area contributed by atoms with Crippen molar-refractivity contribution >= 4 is 16.7 Å². The summed E-state index contributed by atoms with van der Waals surface area (Å²) >= 11 is 1.33. The van der Waals surface area contributed by atoms with E-state index in [9.17, 15) is 0 Å².